The van der Waals surface area contributed by atoms with Gasteiger partial charge in [-0.3, -0.25) is 14.4 Å². The zero-order valence-corrected chi connectivity index (χ0v) is 23.0. The van der Waals surface area contributed by atoms with Crippen LogP contribution in [0.15, 0.2) is 23.3 Å². The molecule has 8 atom stereocenters. The summed E-state index contributed by atoms with van der Waals surface area (Å²) in [7, 11) is 0. The number of carbonyl (C=O) groups excluding carboxylic acids is 3. The number of carbonyl (C=O) groups is 3. The first-order chi connectivity index (χ1) is 16.0. The van der Waals surface area contributed by atoms with Crippen molar-refractivity contribution in [3.8, 4) is 0 Å². The SMILES string of the molecule is CC(C)=CC(=O)C[C@H](C)[C@@H]1CC[C@]2(C)C3=CC[C@H]4C(C)(C)C(=O)[C@@](O)(C(N)=O)[C@]4(C)[C@H]3CC[C@@]12C. The average molecular weight is 484 g/mol. The van der Waals surface area contributed by atoms with Gasteiger partial charge in [0.1, 0.15) is 0 Å². The first-order valence-corrected chi connectivity index (χ1v) is 13.4. The summed E-state index contributed by atoms with van der Waals surface area (Å²) in [5.74, 6) is -0.628. The summed E-state index contributed by atoms with van der Waals surface area (Å²) < 4.78 is 0. The molecule has 0 saturated heterocycles. The van der Waals surface area contributed by atoms with Gasteiger partial charge in [-0.1, -0.05) is 58.8 Å². The van der Waals surface area contributed by atoms with Crippen LogP contribution in [-0.4, -0.2) is 28.2 Å². The standard InChI is InChI=1S/C30H45NO4/c1-17(2)15-19(32)16-18(3)20-11-13-28(7)21-9-10-23-26(4,5)24(33)30(35,25(31)34)29(23,8)22(21)12-14-27(20,28)6/h9,15,18,20,22-23,35H,10-14,16H2,1-8H3,(H2,31,34)/t18-,20-,22-,23-,27-,28+,29+,30+/m0/s1. The van der Waals surface area contributed by atoms with E-state index in [1.807, 2.05) is 34.6 Å². The van der Waals surface area contributed by atoms with Gasteiger partial charge in [-0.25, -0.2) is 0 Å². The van der Waals surface area contributed by atoms with E-state index in [2.05, 4.69) is 26.8 Å². The molecule has 4 aliphatic carbocycles. The van der Waals surface area contributed by atoms with Crippen LogP contribution >= 0.6 is 0 Å². The number of ketones is 2. The van der Waals surface area contributed by atoms with Crippen LogP contribution in [0.3, 0.4) is 0 Å². The zero-order chi connectivity index (χ0) is 26.4. The van der Waals surface area contributed by atoms with E-state index in [-0.39, 0.29) is 34.4 Å². The fourth-order valence-corrected chi connectivity index (χ4v) is 9.65. The summed E-state index contributed by atoms with van der Waals surface area (Å²) in [6, 6.07) is 0. The molecule has 5 nitrogen and oxygen atoms in total. The first-order valence-electron chi connectivity index (χ1n) is 13.4. The number of aliphatic hydroxyl groups is 1. The molecule has 0 heterocycles. The van der Waals surface area contributed by atoms with Crippen LogP contribution in [0.25, 0.3) is 0 Å². The van der Waals surface area contributed by atoms with Gasteiger partial charge in [0.2, 0.25) is 5.60 Å². The lowest BCUT2D eigenvalue weighted by Crippen LogP contribution is -2.63. The van der Waals surface area contributed by atoms with Gasteiger partial charge in [-0.15, -0.1) is 0 Å². The van der Waals surface area contributed by atoms with Crippen LogP contribution in [0, 0.1) is 45.3 Å². The van der Waals surface area contributed by atoms with Gasteiger partial charge in [-0.05, 0) is 86.5 Å². The fourth-order valence-electron chi connectivity index (χ4n) is 9.65. The van der Waals surface area contributed by atoms with E-state index in [0.717, 1.165) is 31.3 Å². The quantitative estimate of drug-likeness (QED) is 0.321. The largest absolute Gasteiger partial charge is 0.373 e. The number of nitrogens with two attached hydrogens (primary N) is 1. The minimum atomic E-state index is -2.16. The van der Waals surface area contributed by atoms with Gasteiger partial charge in [0.15, 0.2) is 11.6 Å². The normalized spacial score (nSPS) is 44.5. The highest BCUT2D eigenvalue weighted by Gasteiger charge is 2.77. The Morgan fingerprint density at radius 1 is 1.14 bits per heavy atom. The second-order valence-corrected chi connectivity index (χ2v) is 13.7. The van der Waals surface area contributed by atoms with Crippen molar-refractivity contribution >= 4 is 17.5 Å². The molecule has 4 rings (SSSR count). The van der Waals surface area contributed by atoms with E-state index in [4.69, 9.17) is 5.73 Å². The van der Waals surface area contributed by atoms with Crippen LogP contribution in [0.2, 0.25) is 0 Å². The molecule has 0 radical (unpaired) electrons. The Morgan fingerprint density at radius 2 is 1.77 bits per heavy atom. The molecule has 5 heteroatoms. The smallest absolute Gasteiger partial charge is 0.257 e. The van der Waals surface area contributed by atoms with Crippen molar-refractivity contribution < 1.29 is 19.5 Å². The monoisotopic (exact) mass is 483 g/mol. The minimum Gasteiger partial charge on any atom is -0.373 e. The van der Waals surface area contributed by atoms with Crippen LogP contribution < -0.4 is 5.73 Å². The van der Waals surface area contributed by atoms with Crippen molar-refractivity contribution in [2.75, 3.05) is 0 Å². The molecule has 194 valence electrons. The predicted octanol–water partition coefficient (Wildman–Crippen LogP) is 5.16. The van der Waals surface area contributed by atoms with E-state index < -0.39 is 28.1 Å². The Bertz CT molecular complexity index is 1030. The third-order valence-electron chi connectivity index (χ3n) is 11.6. The molecule has 35 heavy (non-hydrogen) atoms. The first kappa shape index (κ1) is 26.3. The van der Waals surface area contributed by atoms with Crippen LogP contribution in [0.4, 0.5) is 0 Å². The van der Waals surface area contributed by atoms with Crippen LogP contribution in [0.5, 0.6) is 0 Å². The Balaban J connectivity index is 1.74. The van der Waals surface area contributed by atoms with Crippen molar-refractivity contribution in [2.24, 2.45) is 51.1 Å². The molecule has 0 aromatic heterocycles. The van der Waals surface area contributed by atoms with E-state index in [9.17, 15) is 19.5 Å². The third-order valence-corrected chi connectivity index (χ3v) is 11.6. The van der Waals surface area contributed by atoms with Gasteiger partial charge < -0.3 is 10.8 Å². The van der Waals surface area contributed by atoms with Gasteiger partial charge >= 0.3 is 0 Å². The molecule has 0 aromatic carbocycles. The van der Waals surface area contributed by atoms with Crippen molar-refractivity contribution in [1.29, 1.82) is 0 Å². The second-order valence-electron chi connectivity index (χ2n) is 13.7. The minimum absolute atomic E-state index is 0.0200. The molecule has 0 aromatic rings. The molecule has 0 bridgehead atoms. The summed E-state index contributed by atoms with van der Waals surface area (Å²) in [6.07, 6.45) is 9.18. The zero-order valence-electron chi connectivity index (χ0n) is 23.0. The highest BCUT2D eigenvalue weighted by molar-refractivity contribution is 6.14. The topological polar surface area (TPSA) is 97.5 Å². The van der Waals surface area contributed by atoms with Gasteiger partial charge in [0.05, 0.1) is 0 Å². The third kappa shape index (κ3) is 3.12. The molecule has 0 spiro atoms. The maximum atomic E-state index is 13.5. The van der Waals surface area contributed by atoms with E-state index in [1.54, 1.807) is 6.08 Å². The summed E-state index contributed by atoms with van der Waals surface area (Å²) >= 11 is 0. The predicted molar refractivity (Wildman–Crippen MR) is 137 cm³/mol. The number of hydrogen-bond acceptors (Lipinski definition) is 4. The number of Topliss-reactive ketones (excluding diaryl/α,β-unsaturated/α-hetero) is 1. The lowest BCUT2D eigenvalue weighted by molar-refractivity contribution is -0.167. The molecular weight excluding hydrogens is 438 g/mol. The van der Waals surface area contributed by atoms with Gasteiger partial charge in [0.25, 0.3) is 5.91 Å². The molecule has 1 amide bonds. The molecule has 0 aliphatic heterocycles. The Hall–Kier alpha value is -1.75. The lowest BCUT2D eigenvalue weighted by Gasteiger charge is -2.60. The maximum Gasteiger partial charge on any atom is 0.257 e. The molecule has 3 saturated carbocycles. The van der Waals surface area contributed by atoms with Crippen molar-refractivity contribution in [3.63, 3.8) is 0 Å². The summed E-state index contributed by atoms with van der Waals surface area (Å²) in [4.78, 5) is 38.9. The number of allylic oxidation sites excluding steroid dienone is 4. The summed E-state index contributed by atoms with van der Waals surface area (Å²) in [5, 5.41) is 11.8. The van der Waals surface area contributed by atoms with Crippen molar-refractivity contribution in [1.82, 2.24) is 0 Å². The lowest BCUT2D eigenvalue weighted by atomic mass is 9.43. The number of hydrogen-bond donors (Lipinski definition) is 2. The highest BCUT2D eigenvalue weighted by Crippen LogP contribution is 2.75. The second kappa shape index (κ2) is 7.87. The summed E-state index contributed by atoms with van der Waals surface area (Å²) in [5.41, 5.74) is 4.17. The van der Waals surface area contributed by atoms with Gasteiger partial charge in [-0.2, -0.15) is 0 Å². The molecule has 3 N–H and O–H groups in total. The molecule has 0 unspecified atom stereocenters. The van der Waals surface area contributed by atoms with E-state index in [1.165, 1.54) is 5.57 Å². The van der Waals surface area contributed by atoms with Crippen molar-refractivity contribution in [2.45, 2.75) is 99.5 Å². The van der Waals surface area contributed by atoms with Crippen LogP contribution in [0.1, 0.15) is 93.9 Å². The number of amides is 1. The Labute approximate surface area is 211 Å². The number of primary amides is 1. The van der Waals surface area contributed by atoms with Gasteiger partial charge in [0, 0.05) is 17.3 Å². The van der Waals surface area contributed by atoms with E-state index in [0.29, 0.717) is 18.8 Å². The Morgan fingerprint density at radius 3 is 2.34 bits per heavy atom. The molecular formula is C30H45NO4. The fraction of sp³-hybridized carbons (Fsp3) is 0.767. The average Bonchev–Trinajstić information content (AvgIpc) is 3.08. The van der Waals surface area contributed by atoms with E-state index >= 15 is 0 Å². The highest BCUT2D eigenvalue weighted by atomic mass is 16.3. The summed E-state index contributed by atoms with van der Waals surface area (Å²) in [6.45, 7) is 16.6. The van der Waals surface area contributed by atoms with Crippen LogP contribution in [-0.2, 0) is 14.4 Å². The van der Waals surface area contributed by atoms with Crippen molar-refractivity contribution in [3.05, 3.63) is 23.3 Å². The molecule has 4 aliphatic rings. The number of rotatable bonds is 5. The molecule has 3 fully saturated rings. The maximum absolute atomic E-state index is 13.5. The number of fused-ring (bicyclic) bond motifs is 5. The Kier molecular flexibility index (Phi) is 5.92.